The molecule has 1 aromatic carbocycles. The highest BCUT2D eigenvalue weighted by Gasteiger charge is 2.28. The second-order valence-electron chi connectivity index (χ2n) is 5.12. The van der Waals surface area contributed by atoms with Crippen molar-refractivity contribution in [3.63, 3.8) is 0 Å². The number of ether oxygens (including phenoxy) is 1. The molecular formula is C16H13ClN2O4S. The number of halogens is 1. The van der Waals surface area contributed by atoms with Crippen LogP contribution in [-0.2, 0) is 22.7 Å². The van der Waals surface area contributed by atoms with Gasteiger partial charge in [-0.25, -0.2) is 9.59 Å². The molecule has 8 heteroatoms. The molecule has 124 valence electrons. The summed E-state index contributed by atoms with van der Waals surface area (Å²) in [6, 6.07) is 9.75. The number of benzene rings is 1. The minimum Gasteiger partial charge on any atom is -0.456 e. The first-order valence-electron chi connectivity index (χ1n) is 7.11. The van der Waals surface area contributed by atoms with Crippen molar-refractivity contribution in [2.75, 3.05) is 6.54 Å². The summed E-state index contributed by atoms with van der Waals surface area (Å²) >= 11 is 7.18. The van der Waals surface area contributed by atoms with Crippen LogP contribution in [-0.4, -0.2) is 29.4 Å². The van der Waals surface area contributed by atoms with E-state index < -0.39 is 12.0 Å². The van der Waals surface area contributed by atoms with Crippen LogP contribution < -0.4 is 5.32 Å². The fourth-order valence-electron chi connectivity index (χ4n) is 2.19. The zero-order valence-corrected chi connectivity index (χ0v) is 14.0. The number of urea groups is 1. The second-order valence-corrected chi connectivity index (χ2v) is 6.92. The Balaban J connectivity index is 1.58. The molecule has 0 unspecified atom stereocenters. The first-order chi connectivity index (χ1) is 11.5. The third kappa shape index (κ3) is 3.74. The van der Waals surface area contributed by atoms with Gasteiger partial charge in [0.1, 0.15) is 6.61 Å². The van der Waals surface area contributed by atoms with Crippen molar-refractivity contribution >= 4 is 40.8 Å². The van der Waals surface area contributed by atoms with Gasteiger partial charge in [-0.3, -0.25) is 9.69 Å². The number of carbonyl (C=O) groups is 3. The molecule has 0 radical (unpaired) electrons. The van der Waals surface area contributed by atoms with Crippen molar-refractivity contribution < 1.29 is 19.1 Å². The molecule has 0 spiro atoms. The maximum atomic E-state index is 12.0. The van der Waals surface area contributed by atoms with Gasteiger partial charge < -0.3 is 10.1 Å². The van der Waals surface area contributed by atoms with E-state index in [2.05, 4.69) is 5.32 Å². The molecule has 2 aromatic rings. The van der Waals surface area contributed by atoms with Crippen LogP contribution in [0.25, 0.3) is 0 Å². The molecule has 1 fully saturated rings. The highest BCUT2D eigenvalue weighted by Crippen LogP contribution is 2.22. The average molecular weight is 365 g/mol. The average Bonchev–Trinajstić information content (AvgIpc) is 3.13. The first kappa shape index (κ1) is 16.5. The molecule has 2 heterocycles. The number of nitrogens with zero attached hydrogens (tertiary/aromatic N) is 1. The van der Waals surface area contributed by atoms with E-state index in [9.17, 15) is 14.4 Å². The van der Waals surface area contributed by atoms with Gasteiger partial charge in [-0.2, -0.15) is 0 Å². The predicted octanol–water partition coefficient (Wildman–Crippen LogP) is 2.81. The number of imide groups is 1. The molecule has 1 N–H and O–H groups in total. The van der Waals surface area contributed by atoms with Crippen molar-refractivity contribution in [2.45, 2.75) is 13.2 Å². The van der Waals surface area contributed by atoms with Crippen LogP contribution in [0.3, 0.4) is 0 Å². The Labute approximate surface area is 147 Å². The molecule has 1 aromatic heterocycles. The molecule has 0 saturated carbocycles. The summed E-state index contributed by atoms with van der Waals surface area (Å²) in [5, 5.41) is 2.46. The topological polar surface area (TPSA) is 75.7 Å². The Kier molecular flexibility index (Phi) is 4.82. The molecule has 0 atom stereocenters. The Bertz CT molecular complexity index is 772. The van der Waals surface area contributed by atoms with Crippen molar-refractivity contribution in [3.8, 4) is 0 Å². The number of rotatable bonds is 5. The summed E-state index contributed by atoms with van der Waals surface area (Å²) in [6.45, 7) is 0.365. The van der Waals surface area contributed by atoms with Gasteiger partial charge in [0.25, 0.3) is 0 Å². The van der Waals surface area contributed by atoms with Crippen molar-refractivity contribution in [3.05, 3.63) is 56.7 Å². The van der Waals surface area contributed by atoms with Crippen LogP contribution in [0.5, 0.6) is 0 Å². The maximum absolute atomic E-state index is 12.0. The van der Waals surface area contributed by atoms with Crippen LogP contribution in [0.4, 0.5) is 4.79 Å². The summed E-state index contributed by atoms with van der Waals surface area (Å²) < 4.78 is 5.86. The molecule has 1 aliphatic heterocycles. The minimum absolute atomic E-state index is 0.0238. The van der Waals surface area contributed by atoms with E-state index in [1.54, 1.807) is 30.3 Å². The monoisotopic (exact) mass is 364 g/mol. The fourth-order valence-corrected chi connectivity index (χ4v) is 3.19. The van der Waals surface area contributed by atoms with Crippen LogP contribution in [0.2, 0.25) is 4.34 Å². The summed E-state index contributed by atoms with van der Waals surface area (Å²) in [5.41, 5.74) is 1.15. The van der Waals surface area contributed by atoms with E-state index in [0.717, 1.165) is 15.3 Å². The molecule has 1 aliphatic rings. The van der Waals surface area contributed by atoms with Crippen molar-refractivity contribution in [1.82, 2.24) is 10.2 Å². The van der Waals surface area contributed by atoms with Crippen LogP contribution >= 0.6 is 22.9 Å². The van der Waals surface area contributed by atoms with Gasteiger partial charge in [0.05, 0.1) is 23.0 Å². The van der Waals surface area contributed by atoms with Crippen LogP contribution in [0, 0.1) is 0 Å². The Morgan fingerprint density at radius 1 is 1.21 bits per heavy atom. The molecule has 0 bridgehead atoms. The summed E-state index contributed by atoms with van der Waals surface area (Å²) in [5.74, 6) is -0.709. The second kappa shape index (κ2) is 7.02. The number of esters is 1. The quantitative estimate of drug-likeness (QED) is 0.654. The van der Waals surface area contributed by atoms with Crippen molar-refractivity contribution in [1.29, 1.82) is 0 Å². The highest BCUT2D eigenvalue weighted by atomic mass is 35.5. The summed E-state index contributed by atoms with van der Waals surface area (Å²) in [4.78, 5) is 37.0. The van der Waals surface area contributed by atoms with Gasteiger partial charge in [0.2, 0.25) is 5.91 Å². The molecule has 3 rings (SSSR count). The lowest BCUT2D eigenvalue weighted by atomic mass is 10.1. The number of hydrogen-bond acceptors (Lipinski definition) is 5. The molecule has 24 heavy (non-hydrogen) atoms. The summed E-state index contributed by atoms with van der Waals surface area (Å²) in [6.07, 6.45) is 0. The SMILES string of the molecule is O=C(OCc1ccc(Cl)s1)c1ccc(CN2C(=O)CNC2=O)cc1. The number of thiophene rings is 1. The minimum atomic E-state index is -0.443. The van der Waals surface area contributed by atoms with Gasteiger partial charge in [-0.05, 0) is 29.8 Å². The van der Waals surface area contributed by atoms with E-state index in [4.69, 9.17) is 16.3 Å². The molecule has 0 aliphatic carbocycles. The Morgan fingerprint density at radius 3 is 2.54 bits per heavy atom. The zero-order valence-electron chi connectivity index (χ0n) is 12.5. The van der Waals surface area contributed by atoms with E-state index in [1.165, 1.54) is 11.3 Å². The number of amides is 3. The third-order valence-corrected chi connectivity index (χ3v) is 4.65. The van der Waals surface area contributed by atoms with Gasteiger partial charge >= 0.3 is 12.0 Å². The summed E-state index contributed by atoms with van der Waals surface area (Å²) in [7, 11) is 0. The van der Waals surface area contributed by atoms with Gasteiger partial charge in [-0.15, -0.1) is 11.3 Å². The standard InChI is InChI=1S/C16H13ClN2O4S/c17-13-6-5-12(24-13)9-23-15(21)11-3-1-10(2-4-11)8-19-14(20)7-18-16(19)22/h1-6H,7-9H2,(H,18,22). The molecule has 6 nitrogen and oxygen atoms in total. The predicted molar refractivity (Wildman–Crippen MR) is 88.8 cm³/mol. The maximum Gasteiger partial charge on any atom is 0.338 e. The van der Waals surface area contributed by atoms with Gasteiger partial charge in [-0.1, -0.05) is 23.7 Å². The molecule has 1 saturated heterocycles. The van der Waals surface area contributed by atoms with Gasteiger partial charge in [0, 0.05) is 4.88 Å². The first-order valence-corrected chi connectivity index (χ1v) is 8.31. The third-order valence-electron chi connectivity index (χ3n) is 3.44. The largest absolute Gasteiger partial charge is 0.456 e. The normalized spacial score (nSPS) is 14.0. The lowest BCUT2D eigenvalue weighted by Crippen LogP contribution is -2.30. The van der Waals surface area contributed by atoms with Gasteiger partial charge in [0.15, 0.2) is 0 Å². The number of carbonyl (C=O) groups excluding carboxylic acids is 3. The fraction of sp³-hybridized carbons (Fsp3) is 0.188. The molecule has 3 amide bonds. The van der Waals surface area contributed by atoms with E-state index >= 15 is 0 Å². The van der Waals surface area contributed by atoms with Crippen LogP contribution in [0.1, 0.15) is 20.8 Å². The highest BCUT2D eigenvalue weighted by molar-refractivity contribution is 7.16. The lowest BCUT2D eigenvalue weighted by Gasteiger charge is -2.12. The number of hydrogen-bond donors (Lipinski definition) is 1. The van der Waals surface area contributed by atoms with Crippen molar-refractivity contribution in [2.24, 2.45) is 0 Å². The Morgan fingerprint density at radius 2 is 1.96 bits per heavy atom. The smallest absolute Gasteiger partial charge is 0.338 e. The van der Waals surface area contributed by atoms with E-state index in [-0.39, 0.29) is 25.6 Å². The Hall–Kier alpha value is -2.38. The lowest BCUT2D eigenvalue weighted by molar-refractivity contribution is -0.125. The van der Waals surface area contributed by atoms with Crippen LogP contribution in [0.15, 0.2) is 36.4 Å². The van der Waals surface area contributed by atoms with E-state index in [1.807, 2.05) is 6.07 Å². The molecular weight excluding hydrogens is 352 g/mol. The zero-order chi connectivity index (χ0) is 17.1. The number of nitrogens with one attached hydrogen (secondary N) is 1. The van der Waals surface area contributed by atoms with E-state index in [0.29, 0.717) is 9.90 Å².